The summed E-state index contributed by atoms with van der Waals surface area (Å²) in [6.07, 6.45) is -0.0290. The third-order valence-electron chi connectivity index (χ3n) is 3.80. The van der Waals surface area contributed by atoms with Gasteiger partial charge in [-0.2, -0.15) is 0 Å². The van der Waals surface area contributed by atoms with Gasteiger partial charge in [0.2, 0.25) is 5.91 Å². The van der Waals surface area contributed by atoms with Crippen molar-refractivity contribution in [2.75, 3.05) is 16.8 Å². The molecule has 0 bridgehead atoms. The zero-order valence-corrected chi connectivity index (χ0v) is 10.0. The number of hydrogen-bond acceptors (Lipinski definition) is 3. The summed E-state index contributed by atoms with van der Waals surface area (Å²) in [5.74, 6) is -0.182. The summed E-state index contributed by atoms with van der Waals surface area (Å²) in [6, 6.07) is 5.14. The van der Waals surface area contributed by atoms with Crippen molar-refractivity contribution in [1.29, 1.82) is 0 Å². The van der Waals surface area contributed by atoms with Crippen LogP contribution < -0.4 is 10.2 Å². The maximum atomic E-state index is 11.8. The number of carbonyl (C=O) groups excluding carboxylic acids is 2. The summed E-state index contributed by atoms with van der Waals surface area (Å²) in [5.41, 5.74) is 1.23. The molecule has 6 nitrogen and oxygen atoms in total. The Labute approximate surface area is 109 Å². The Morgan fingerprint density at radius 2 is 2.32 bits per heavy atom. The van der Waals surface area contributed by atoms with E-state index in [1.807, 2.05) is 0 Å². The lowest BCUT2D eigenvalue weighted by molar-refractivity contribution is -0.118. The molecule has 3 rings (SSSR count). The predicted octanol–water partition coefficient (Wildman–Crippen LogP) is 1.35. The highest BCUT2D eigenvalue weighted by atomic mass is 16.4. The minimum Gasteiger partial charge on any atom is -0.465 e. The molecular weight excluding hydrogens is 248 g/mol. The third kappa shape index (κ3) is 1.53. The van der Waals surface area contributed by atoms with Crippen molar-refractivity contribution in [2.45, 2.75) is 18.3 Å². The molecule has 2 aliphatic rings. The first-order valence-electron chi connectivity index (χ1n) is 5.95. The fraction of sp³-hybridized carbons (Fsp3) is 0.308. The third-order valence-corrected chi connectivity index (χ3v) is 3.80. The van der Waals surface area contributed by atoms with Gasteiger partial charge in [-0.15, -0.1) is 0 Å². The molecule has 0 aromatic heterocycles. The minimum atomic E-state index is -1.07. The van der Waals surface area contributed by atoms with Crippen LogP contribution in [0.4, 0.5) is 16.2 Å². The Morgan fingerprint density at radius 1 is 1.53 bits per heavy atom. The topological polar surface area (TPSA) is 86.7 Å². The highest BCUT2D eigenvalue weighted by molar-refractivity contribution is 6.02. The molecule has 2 N–H and O–H groups in total. The second-order valence-electron chi connectivity index (χ2n) is 4.94. The van der Waals surface area contributed by atoms with E-state index in [9.17, 15) is 19.5 Å². The highest BCUT2D eigenvalue weighted by Gasteiger charge is 2.49. The van der Waals surface area contributed by atoms with Crippen LogP contribution in [0.15, 0.2) is 18.2 Å². The lowest BCUT2D eigenvalue weighted by Crippen LogP contribution is -2.41. The number of nitrogens with one attached hydrogen (secondary N) is 1. The number of anilines is 2. The maximum absolute atomic E-state index is 11.8. The van der Waals surface area contributed by atoms with Crippen LogP contribution in [0.2, 0.25) is 0 Å². The number of nitrogens with zero attached hydrogens (tertiary/aromatic N) is 1. The average Bonchev–Trinajstić information content (AvgIpc) is 2.66. The van der Waals surface area contributed by atoms with Gasteiger partial charge in [-0.05, 0) is 12.1 Å². The molecular formula is C13H12N2O4. The van der Waals surface area contributed by atoms with Crippen LogP contribution in [0.25, 0.3) is 0 Å². The van der Waals surface area contributed by atoms with E-state index >= 15 is 0 Å². The average molecular weight is 260 g/mol. The molecule has 6 heteroatoms. The van der Waals surface area contributed by atoms with E-state index < -0.39 is 11.5 Å². The van der Waals surface area contributed by atoms with Gasteiger partial charge >= 0.3 is 6.09 Å². The largest absolute Gasteiger partial charge is 0.465 e. The van der Waals surface area contributed by atoms with Gasteiger partial charge in [-0.3, -0.25) is 9.69 Å². The molecule has 0 saturated carbocycles. The van der Waals surface area contributed by atoms with E-state index in [-0.39, 0.29) is 25.3 Å². The maximum Gasteiger partial charge on any atom is 0.411 e. The smallest absolute Gasteiger partial charge is 0.411 e. The summed E-state index contributed by atoms with van der Waals surface area (Å²) in [6.45, 7) is 0.154. The first-order valence-corrected chi connectivity index (χ1v) is 5.95. The Balaban J connectivity index is 2.23. The molecule has 2 aliphatic heterocycles. The number of carbonyl (C=O) groups is 3. The van der Waals surface area contributed by atoms with Crippen LogP contribution in [-0.2, 0) is 15.0 Å². The van der Waals surface area contributed by atoms with Gasteiger partial charge < -0.3 is 15.2 Å². The second-order valence-corrected chi connectivity index (χ2v) is 4.94. The molecule has 0 aliphatic carbocycles. The zero-order valence-electron chi connectivity index (χ0n) is 10.0. The van der Waals surface area contributed by atoms with E-state index in [1.54, 1.807) is 18.2 Å². The van der Waals surface area contributed by atoms with Gasteiger partial charge in [-0.25, -0.2) is 4.79 Å². The van der Waals surface area contributed by atoms with Crippen molar-refractivity contribution in [2.24, 2.45) is 0 Å². The van der Waals surface area contributed by atoms with Crippen molar-refractivity contribution in [3.05, 3.63) is 23.8 Å². The van der Waals surface area contributed by atoms with E-state index in [0.717, 1.165) is 11.8 Å². The monoisotopic (exact) mass is 260 g/mol. The van der Waals surface area contributed by atoms with E-state index in [4.69, 9.17) is 0 Å². The predicted molar refractivity (Wildman–Crippen MR) is 67.4 cm³/mol. The Hall–Kier alpha value is -2.37. The number of carboxylic acid groups (broad SMARTS) is 1. The van der Waals surface area contributed by atoms with Gasteiger partial charge in [0, 0.05) is 36.1 Å². The molecule has 1 aromatic carbocycles. The van der Waals surface area contributed by atoms with Crippen LogP contribution in [0.5, 0.6) is 0 Å². The standard InChI is InChI=1S/C13H12N2O4/c16-5-4-13-6-10(17)14-8-2-1-3-9(11(8)13)15(7-13)12(18)19/h1-3,5H,4,6-7H2,(H,14,17)(H,18,19). The molecule has 0 fully saturated rings. The normalized spacial score (nSPS) is 23.8. The van der Waals surface area contributed by atoms with Crippen LogP contribution >= 0.6 is 0 Å². The molecule has 1 atom stereocenters. The summed E-state index contributed by atoms with van der Waals surface area (Å²) in [4.78, 5) is 35.3. The van der Waals surface area contributed by atoms with Gasteiger partial charge in [0.05, 0.1) is 5.69 Å². The molecule has 0 radical (unpaired) electrons. The van der Waals surface area contributed by atoms with Crippen LogP contribution in [0, 0.1) is 0 Å². The summed E-state index contributed by atoms with van der Waals surface area (Å²) in [5, 5.41) is 12.0. The van der Waals surface area contributed by atoms with E-state index in [2.05, 4.69) is 5.32 Å². The Bertz CT molecular complexity index is 598. The molecule has 19 heavy (non-hydrogen) atoms. The minimum absolute atomic E-state index is 0.138. The van der Waals surface area contributed by atoms with Crippen LogP contribution in [0.3, 0.4) is 0 Å². The second kappa shape index (κ2) is 3.81. The molecule has 2 heterocycles. The Morgan fingerprint density at radius 3 is 3.00 bits per heavy atom. The Kier molecular flexibility index (Phi) is 2.35. The van der Waals surface area contributed by atoms with Gasteiger partial charge in [-0.1, -0.05) is 6.07 Å². The lowest BCUT2D eigenvalue weighted by atomic mass is 9.74. The number of rotatable bonds is 2. The molecule has 0 saturated heterocycles. The van der Waals surface area contributed by atoms with Crippen molar-refractivity contribution >= 4 is 29.7 Å². The highest BCUT2D eigenvalue weighted by Crippen LogP contribution is 2.50. The summed E-state index contributed by atoms with van der Waals surface area (Å²) >= 11 is 0. The molecule has 1 aromatic rings. The SMILES string of the molecule is O=CCC12CC(=O)Nc3cccc(c31)N(C(=O)O)C2. The molecule has 0 spiro atoms. The van der Waals surface area contributed by atoms with Crippen molar-refractivity contribution in [3.8, 4) is 0 Å². The first kappa shape index (κ1) is 11.7. The summed E-state index contributed by atoms with van der Waals surface area (Å²) < 4.78 is 0. The number of benzene rings is 1. The molecule has 2 amide bonds. The summed E-state index contributed by atoms with van der Waals surface area (Å²) in [7, 11) is 0. The van der Waals surface area contributed by atoms with E-state index in [0.29, 0.717) is 11.4 Å². The number of hydrogen-bond donors (Lipinski definition) is 2. The van der Waals surface area contributed by atoms with Crippen LogP contribution in [-0.4, -0.2) is 29.9 Å². The zero-order chi connectivity index (χ0) is 13.6. The number of aldehydes is 1. The first-order chi connectivity index (χ1) is 9.07. The fourth-order valence-corrected chi connectivity index (χ4v) is 3.11. The van der Waals surface area contributed by atoms with Gasteiger partial charge in [0.25, 0.3) is 0 Å². The lowest BCUT2D eigenvalue weighted by Gasteiger charge is -2.32. The van der Waals surface area contributed by atoms with Crippen LogP contribution in [0.1, 0.15) is 18.4 Å². The molecule has 98 valence electrons. The molecule has 1 unspecified atom stereocenters. The number of amides is 2. The van der Waals surface area contributed by atoms with Crippen molar-refractivity contribution < 1.29 is 19.5 Å². The van der Waals surface area contributed by atoms with Gasteiger partial charge in [0.1, 0.15) is 6.29 Å². The quantitative estimate of drug-likeness (QED) is 0.786. The van der Waals surface area contributed by atoms with Gasteiger partial charge in [0.15, 0.2) is 0 Å². The van der Waals surface area contributed by atoms with Crippen molar-refractivity contribution in [1.82, 2.24) is 0 Å². The fourth-order valence-electron chi connectivity index (χ4n) is 3.11. The van der Waals surface area contributed by atoms with Crippen molar-refractivity contribution in [3.63, 3.8) is 0 Å². The van der Waals surface area contributed by atoms with E-state index in [1.165, 1.54) is 4.90 Å².